The van der Waals surface area contributed by atoms with E-state index >= 15 is 0 Å². The highest BCUT2D eigenvalue weighted by Gasteiger charge is 2.08. The zero-order valence-electron chi connectivity index (χ0n) is 16.2. The molecule has 0 bridgehead atoms. The number of carbonyl (C=O) groups is 2. The Labute approximate surface area is 168 Å². The Hall–Kier alpha value is -3.61. The van der Waals surface area contributed by atoms with Crippen molar-refractivity contribution in [3.05, 3.63) is 72.1 Å². The molecule has 0 atom stereocenters. The molecule has 6 nitrogen and oxygen atoms in total. The van der Waals surface area contributed by atoms with E-state index < -0.39 is 24.3 Å². The van der Waals surface area contributed by atoms with Crippen LogP contribution >= 0.6 is 0 Å². The van der Waals surface area contributed by atoms with Crippen LogP contribution in [0.5, 0.6) is 11.5 Å². The van der Waals surface area contributed by atoms with Gasteiger partial charge in [-0.15, -0.1) is 0 Å². The molecule has 29 heavy (non-hydrogen) atoms. The molecule has 0 heterocycles. The normalized spacial score (nSPS) is 10.4. The van der Waals surface area contributed by atoms with Gasteiger partial charge in [-0.3, -0.25) is 4.79 Å². The maximum atomic E-state index is 13.5. The van der Waals surface area contributed by atoms with Crippen LogP contribution in [0.25, 0.3) is 6.08 Å². The summed E-state index contributed by atoms with van der Waals surface area (Å²) in [5.74, 6) is -0.635. The highest BCUT2D eigenvalue weighted by atomic mass is 19.1. The lowest BCUT2D eigenvalue weighted by atomic mass is 10.2. The number of nitrogens with one attached hydrogen (secondary N) is 1. The number of carbonyl (C=O) groups excluding carboxylic acids is 2. The van der Waals surface area contributed by atoms with Crippen molar-refractivity contribution in [1.82, 2.24) is 0 Å². The van der Waals surface area contributed by atoms with Crippen LogP contribution in [0.3, 0.4) is 0 Å². The lowest BCUT2D eigenvalue weighted by Crippen LogP contribution is -2.20. The molecule has 0 fully saturated rings. The van der Waals surface area contributed by atoms with E-state index in [1.54, 1.807) is 43.3 Å². The van der Waals surface area contributed by atoms with Gasteiger partial charge in [0, 0.05) is 11.8 Å². The lowest BCUT2D eigenvalue weighted by Gasteiger charge is -2.09. The smallest absolute Gasteiger partial charge is 0.331 e. The molecule has 0 radical (unpaired) electrons. The van der Waals surface area contributed by atoms with E-state index in [1.165, 1.54) is 25.3 Å². The van der Waals surface area contributed by atoms with Crippen LogP contribution in [-0.2, 0) is 14.3 Å². The topological polar surface area (TPSA) is 73.9 Å². The first kappa shape index (κ1) is 21.7. The Morgan fingerprint density at radius 1 is 1.17 bits per heavy atom. The van der Waals surface area contributed by atoms with Crippen molar-refractivity contribution in [1.29, 1.82) is 0 Å². The zero-order chi connectivity index (χ0) is 21.2. The molecule has 0 aliphatic carbocycles. The van der Waals surface area contributed by atoms with E-state index in [4.69, 9.17) is 14.2 Å². The fourth-order valence-electron chi connectivity index (χ4n) is 2.27. The maximum Gasteiger partial charge on any atom is 0.331 e. The Morgan fingerprint density at radius 2 is 1.97 bits per heavy atom. The predicted octanol–water partition coefficient (Wildman–Crippen LogP) is 3.90. The van der Waals surface area contributed by atoms with Gasteiger partial charge in [-0.05, 0) is 48.4 Å². The number of hydrogen-bond donors (Lipinski definition) is 1. The first-order valence-corrected chi connectivity index (χ1v) is 8.75. The minimum absolute atomic E-state index is 0.288. The quantitative estimate of drug-likeness (QED) is 0.393. The molecular formula is C22H22FNO5. The molecule has 2 aromatic carbocycles. The van der Waals surface area contributed by atoms with Crippen LogP contribution in [0.1, 0.15) is 11.1 Å². The van der Waals surface area contributed by atoms with Crippen LogP contribution in [-0.4, -0.2) is 32.2 Å². The molecule has 0 spiro atoms. The molecule has 1 amide bonds. The summed E-state index contributed by atoms with van der Waals surface area (Å²) in [5.41, 5.74) is 1.44. The zero-order valence-corrected chi connectivity index (χ0v) is 16.2. The van der Waals surface area contributed by atoms with Gasteiger partial charge in [-0.1, -0.05) is 24.8 Å². The van der Waals surface area contributed by atoms with Gasteiger partial charge in [0.2, 0.25) is 0 Å². The third kappa shape index (κ3) is 6.80. The Balaban J connectivity index is 1.87. The molecule has 7 heteroatoms. The number of ether oxygens (including phenoxy) is 3. The molecule has 0 aliphatic rings. The number of anilines is 1. The molecule has 2 aromatic rings. The summed E-state index contributed by atoms with van der Waals surface area (Å²) in [6.45, 7) is 5.05. The molecular weight excluding hydrogens is 377 g/mol. The number of hydrogen-bond acceptors (Lipinski definition) is 5. The van der Waals surface area contributed by atoms with E-state index in [0.29, 0.717) is 29.2 Å². The second-order valence-corrected chi connectivity index (χ2v) is 5.96. The number of amides is 1. The van der Waals surface area contributed by atoms with E-state index in [-0.39, 0.29) is 5.69 Å². The van der Waals surface area contributed by atoms with Crippen molar-refractivity contribution >= 4 is 23.6 Å². The molecule has 1 N–H and O–H groups in total. The predicted molar refractivity (Wildman–Crippen MR) is 108 cm³/mol. The van der Waals surface area contributed by atoms with Gasteiger partial charge in [-0.2, -0.15) is 0 Å². The molecule has 0 aliphatic heterocycles. The van der Waals surface area contributed by atoms with Crippen molar-refractivity contribution < 1.29 is 28.2 Å². The highest BCUT2D eigenvalue weighted by Crippen LogP contribution is 2.28. The van der Waals surface area contributed by atoms with Crippen molar-refractivity contribution in [3.8, 4) is 11.5 Å². The average Bonchev–Trinajstić information content (AvgIpc) is 2.72. The van der Waals surface area contributed by atoms with E-state index in [9.17, 15) is 14.0 Å². The van der Waals surface area contributed by atoms with Crippen LogP contribution in [0.15, 0.2) is 55.1 Å². The van der Waals surface area contributed by atoms with Crippen molar-refractivity contribution in [3.63, 3.8) is 0 Å². The van der Waals surface area contributed by atoms with Crippen LogP contribution in [0, 0.1) is 12.7 Å². The van der Waals surface area contributed by atoms with Crippen molar-refractivity contribution in [2.75, 3.05) is 25.6 Å². The Kier molecular flexibility index (Phi) is 7.97. The average molecular weight is 399 g/mol. The van der Waals surface area contributed by atoms with Gasteiger partial charge in [0.1, 0.15) is 12.4 Å². The molecule has 0 aromatic heterocycles. The monoisotopic (exact) mass is 399 g/mol. The van der Waals surface area contributed by atoms with E-state index in [2.05, 4.69) is 11.9 Å². The maximum absolute atomic E-state index is 13.5. The molecule has 2 rings (SSSR count). The lowest BCUT2D eigenvalue weighted by molar-refractivity contribution is -0.142. The molecule has 152 valence electrons. The summed E-state index contributed by atoms with van der Waals surface area (Å²) < 4.78 is 29.1. The van der Waals surface area contributed by atoms with Gasteiger partial charge in [0.05, 0.1) is 7.11 Å². The largest absolute Gasteiger partial charge is 0.493 e. The first-order valence-electron chi connectivity index (χ1n) is 8.75. The summed E-state index contributed by atoms with van der Waals surface area (Å²) >= 11 is 0. The fourth-order valence-corrected chi connectivity index (χ4v) is 2.27. The summed E-state index contributed by atoms with van der Waals surface area (Å²) in [4.78, 5) is 23.6. The van der Waals surface area contributed by atoms with Crippen LogP contribution in [0.4, 0.5) is 10.1 Å². The minimum Gasteiger partial charge on any atom is -0.493 e. The minimum atomic E-state index is -0.693. The standard InChI is InChI=1S/C22H22FNO5/c1-4-11-28-19-9-6-16(12-20(19)27-3)7-10-22(26)29-14-21(25)24-17-8-5-15(2)18(23)13-17/h4-10,12-13H,1,11,14H2,2-3H3,(H,24,25)/b10-7+. The van der Waals surface area contributed by atoms with Gasteiger partial charge in [-0.25, -0.2) is 9.18 Å². The summed E-state index contributed by atoms with van der Waals surface area (Å²) in [5, 5.41) is 2.46. The second kappa shape index (κ2) is 10.7. The third-order valence-electron chi connectivity index (χ3n) is 3.76. The third-order valence-corrected chi connectivity index (χ3v) is 3.76. The number of methoxy groups -OCH3 is 1. The van der Waals surface area contributed by atoms with Gasteiger partial charge >= 0.3 is 5.97 Å². The number of rotatable bonds is 9. The van der Waals surface area contributed by atoms with Crippen LogP contribution < -0.4 is 14.8 Å². The first-order chi connectivity index (χ1) is 13.9. The van der Waals surface area contributed by atoms with E-state index in [0.717, 1.165) is 0 Å². The number of benzene rings is 2. The molecule has 0 saturated carbocycles. The second-order valence-electron chi connectivity index (χ2n) is 5.96. The van der Waals surface area contributed by atoms with Gasteiger partial charge in [0.25, 0.3) is 5.91 Å². The number of halogens is 1. The highest BCUT2D eigenvalue weighted by molar-refractivity contribution is 5.94. The van der Waals surface area contributed by atoms with Crippen molar-refractivity contribution in [2.45, 2.75) is 6.92 Å². The Morgan fingerprint density at radius 3 is 2.66 bits per heavy atom. The number of esters is 1. The van der Waals surface area contributed by atoms with Gasteiger partial charge in [0.15, 0.2) is 18.1 Å². The summed E-state index contributed by atoms with van der Waals surface area (Å²) in [6.07, 6.45) is 4.34. The van der Waals surface area contributed by atoms with Gasteiger partial charge < -0.3 is 19.5 Å². The summed E-state index contributed by atoms with van der Waals surface area (Å²) in [6, 6.07) is 9.45. The van der Waals surface area contributed by atoms with E-state index in [1.807, 2.05) is 0 Å². The SMILES string of the molecule is C=CCOc1ccc(/C=C/C(=O)OCC(=O)Nc2ccc(C)c(F)c2)cc1OC. The van der Waals surface area contributed by atoms with Crippen molar-refractivity contribution in [2.24, 2.45) is 0 Å². The number of aryl methyl sites for hydroxylation is 1. The Bertz CT molecular complexity index is 923. The fraction of sp³-hybridized carbons (Fsp3) is 0.182. The molecule has 0 saturated heterocycles. The summed E-state index contributed by atoms with van der Waals surface area (Å²) in [7, 11) is 1.51. The molecule has 0 unspecified atom stereocenters. The van der Waals surface area contributed by atoms with Crippen LogP contribution in [0.2, 0.25) is 0 Å².